The van der Waals surface area contributed by atoms with E-state index >= 15 is 0 Å². The lowest BCUT2D eigenvalue weighted by molar-refractivity contribution is -0.127. The van der Waals surface area contributed by atoms with Crippen molar-refractivity contribution in [2.45, 2.75) is 18.8 Å². The van der Waals surface area contributed by atoms with Gasteiger partial charge in [0.25, 0.3) is 0 Å². The molecule has 1 amide bonds. The summed E-state index contributed by atoms with van der Waals surface area (Å²) in [5.74, 6) is 2.15. The van der Waals surface area contributed by atoms with E-state index in [2.05, 4.69) is 10.1 Å². The molecular formula is C23H23N3O3. The molecule has 0 saturated carbocycles. The van der Waals surface area contributed by atoms with Crippen molar-refractivity contribution in [2.24, 2.45) is 0 Å². The lowest BCUT2D eigenvalue weighted by Gasteiger charge is -2.29. The number of hydrogen-bond acceptors (Lipinski definition) is 5. The summed E-state index contributed by atoms with van der Waals surface area (Å²) in [7, 11) is 1.63. The maximum atomic E-state index is 12.4. The maximum absolute atomic E-state index is 12.4. The molecular weight excluding hydrogens is 366 g/mol. The van der Waals surface area contributed by atoms with Crippen LogP contribution >= 0.6 is 0 Å². The Hall–Kier alpha value is -3.41. The number of piperidine rings is 1. The summed E-state index contributed by atoms with van der Waals surface area (Å²) < 4.78 is 10.8. The van der Waals surface area contributed by atoms with E-state index in [1.54, 1.807) is 13.2 Å². The normalized spacial score (nSPS) is 15.0. The average molecular weight is 389 g/mol. The number of nitrogens with zero attached hydrogens (tertiary/aromatic N) is 3. The Balaban J connectivity index is 1.35. The van der Waals surface area contributed by atoms with E-state index in [4.69, 9.17) is 9.26 Å². The predicted molar refractivity (Wildman–Crippen MR) is 110 cm³/mol. The Labute approximate surface area is 169 Å². The predicted octanol–water partition coefficient (Wildman–Crippen LogP) is 4.16. The van der Waals surface area contributed by atoms with Gasteiger partial charge in [0, 0.05) is 30.6 Å². The van der Waals surface area contributed by atoms with Crippen LogP contribution in [0.1, 0.15) is 30.2 Å². The molecule has 2 heterocycles. The highest BCUT2D eigenvalue weighted by Gasteiger charge is 2.27. The van der Waals surface area contributed by atoms with E-state index in [0.29, 0.717) is 24.8 Å². The minimum Gasteiger partial charge on any atom is -0.497 e. The van der Waals surface area contributed by atoms with Crippen molar-refractivity contribution in [3.8, 4) is 17.1 Å². The van der Waals surface area contributed by atoms with Crippen LogP contribution < -0.4 is 4.74 Å². The first kappa shape index (κ1) is 18.9. The van der Waals surface area contributed by atoms with Gasteiger partial charge in [0.15, 0.2) is 0 Å². The van der Waals surface area contributed by atoms with E-state index in [9.17, 15) is 4.79 Å². The Morgan fingerprint density at radius 3 is 2.69 bits per heavy atom. The third-order valence-electron chi connectivity index (χ3n) is 5.14. The fourth-order valence-electron chi connectivity index (χ4n) is 3.46. The van der Waals surface area contributed by atoms with Gasteiger partial charge in [-0.1, -0.05) is 47.6 Å². The zero-order valence-electron chi connectivity index (χ0n) is 16.3. The van der Waals surface area contributed by atoms with Crippen molar-refractivity contribution in [1.29, 1.82) is 0 Å². The molecule has 6 nitrogen and oxygen atoms in total. The first-order valence-corrected chi connectivity index (χ1v) is 9.73. The molecule has 0 aliphatic carbocycles. The molecule has 0 unspecified atom stereocenters. The summed E-state index contributed by atoms with van der Waals surface area (Å²) >= 11 is 0. The molecule has 0 bridgehead atoms. The lowest BCUT2D eigenvalue weighted by atomic mass is 9.96. The monoisotopic (exact) mass is 389 g/mol. The van der Waals surface area contributed by atoms with Crippen molar-refractivity contribution >= 4 is 12.0 Å². The van der Waals surface area contributed by atoms with E-state index in [-0.39, 0.29) is 11.8 Å². The van der Waals surface area contributed by atoms with E-state index in [1.165, 1.54) is 0 Å². The molecule has 4 rings (SSSR count). The third-order valence-corrected chi connectivity index (χ3v) is 5.14. The highest BCUT2D eigenvalue weighted by Crippen LogP contribution is 2.29. The highest BCUT2D eigenvalue weighted by atomic mass is 16.5. The van der Waals surface area contributed by atoms with Gasteiger partial charge in [-0.25, -0.2) is 0 Å². The number of ether oxygens (including phenoxy) is 1. The van der Waals surface area contributed by atoms with Crippen molar-refractivity contribution in [3.05, 3.63) is 72.1 Å². The van der Waals surface area contributed by atoms with Gasteiger partial charge in [-0.3, -0.25) is 4.79 Å². The fourth-order valence-corrected chi connectivity index (χ4v) is 3.46. The molecule has 1 fully saturated rings. The summed E-state index contributed by atoms with van der Waals surface area (Å²) in [5, 5.41) is 4.12. The number of benzene rings is 2. The van der Waals surface area contributed by atoms with Gasteiger partial charge in [-0.15, -0.1) is 0 Å². The molecule has 0 radical (unpaired) electrons. The highest BCUT2D eigenvalue weighted by molar-refractivity contribution is 5.91. The zero-order chi connectivity index (χ0) is 20.1. The van der Waals surface area contributed by atoms with Crippen LogP contribution in [0, 0.1) is 0 Å². The number of rotatable bonds is 5. The number of methoxy groups -OCH3 is 1. The zero-order valence-corrected chi connectivity index (χ0v) is 16.3. The van der Waals surface area contributed by atoms with E-state index in [0.717, 1.165) is 29.7 Å². The Morgan fingerprint density at radius 2 is 1.93 bits per heavy atom. The van der Waals surface area contributed by atoms with Gasteiger partial charge in [0.05, 0.1) is 7.11 Å². The minimum absolute atomic E-state index is 0.0369. The maximum Gasteiger partial charge on any atom is 0.246 e. The second-order valence-corrected chi connectivity index (χ2v) is 7.03. The number of carbonyl (C=O) groups is 1. The van der Waals surface area contributed by atoms with Gasteiger partial charge < -0.3 is 14.2 Å². The smallest absolute Gasteiger partial charge is 0.246 e. The largest absolute Gasteiger partial charge is 0.497 e. The molecule has 1 aromatic heterocycles. The number of hydrogen-bond donors (Lipinski definition) is 0. The molecule has 0 spiro atoms. The Kier molecular flexibility index (Phi) is 5.70. The van der Waals surface area contributed by atoms with Crippen LogP contribution in [0.25, 0.3) is 17.5 Å². The SMILES string of the molecule is COc1cccc(-c2noc(C3CCN(C(=O)C=Cc4ccccc4)CC3)n2)c1. The van der Waals surface area contributed by atoms with E-state index in [1.807, 2.05) is 65.6 Å². The molecule has 1 aliphatic heterocycles. The number of carbonyl (C=O) groups excluding carboxylic acids is 1. The average Bonchev–Trinajstić information content (AvgIpc) is 3.29. The molecule has 3 aromatic rings. The molecule has 1 saturated heterocycles. The van der Waals surface area contributed by atoms with Crippen molar-refractivity contribution in [1.82, 2.24) is 15.0 Å². The summed E-state index contributed by atoms with van der Waals surface area (Å²) in [6.07, 6.45) is 5.12. The number of aromatic nitrogens is 2. The van der Waals surface area contributed by atoms with Gasteiger partial charge in [0.1, 0.15) is 5.75 Å². The topological polar surface area (TPSA) is 68.5 Å². The Morgan fingerprint density at radius 1 is 1.14 bits per heavy atom. The van der Waals surface area contributed by atoms with Crippen LogP contribution in [0.15, 0.2) is 65.2 Å². The summed E-state index contributed by atoms with van der Waals surface area (Å²) in [4.78, 5) is 18.9. The number of likely N-dealkylation sites (tertiary alicyclic amines) is 1. The van der Waals surface area contributed by atoms with Crippen molar-refractivity contribution < 1.29 is 14.1 Å². The first-order valence-electron chi connectivity index (χ1n) is 9.73. The summed E-state index contributed by atoms with van der Waals surface area (Å²) in [6, 6.07) is 17.4. The fraction of sp³-hybridized carbons (Fsp3) is 0.261. The standard InChI is InChI=1S/C23H23N3O3/c1-28-20-9-5-8-19(16-20)22-24-23(29-25-22)18-12-14-26(15-13-18)21(27)11-10-17-6-3-2-4-7-17/h2-11,16,18H,12-15H2,1H3. The second kappa shape index (κ2) is 8.73. The van der Waals surface area contributed by atoms with Gasteiger partial charge in [-0.05, 0) is 36.6 Å². The quantitative estimate of drug-likeness (QED) is 0.613. The lowest BCUT2D eigenvalue weighted by Crippen LogP contribution is -2.36. The van der Waals surface area contributed by atoms with Crippen LogP contribution in [-0.2, 0) is 4.79 Å². The third kappa shape index (κ3) is 4.54. The minimum atomic E-state index is 0.0369. The second-order valence-electron chi connectivity index (χ2n) is 7.03. The van der Waals surface area contributed by atoms with Crippen LogP contribution in [0.2, 0.25) is 0 Å². The molecule has 2 aromatic carbocycles. The summed E-state index contributed by atoms with van der Waals surface area (Å²) in [5.41, 5.74) is 1.88. The van der Waals surface area contributed by atoms with E-state index < -0.39 is 0 Å². The Bertz CT molecular complexity index is 989. The molecule has 148 valence electrons. The summed E-state index contributed by atoms with van der Waals surface area (Å²) in [6.45, 7) is 1.36. The number of amides is 1. The molecule has 1 aliphatic rings. The van der Waals surface area contributed by atoms with Crippen LogP contribution in [0.4, 0.5) is 0 Å². The van der Waals surface area contributed by atoms with Crippen molar-refractivity contribution in [2.75, 3.05) is 20.2 Å². The molecule has 0 N–H and O–H groups in total. The van der Waals surface area contributed by atoms with Crippen molar-refractivity contribution in [3.63, 3.8) is 0 Å². The molecule has 6 heteroatoms. The van der Waals surface area contributed by atoms with Gasteiger partial charge in [0.2, 0.25) is 17.6 Å². The van der Waals surface area contributed by atoms with Crippen LogP contribution in [0.5, 0.6) is 5.75 Å². The van der Waals surface area contributed by atoms with Gasteiger partial charge in [-0.2, -0.15) is 4.98 Å². The van der Waals surface area contributed by atoms with Crippen LogP contribution in [-0.4, -0.2) is 41.1 Å². The first-order chi connectivity index (χ1) is 14.2. The van der Waals surface area contributed by atoms with Gasteiger partial charge >= 0.3 is 0 Å². The molecule has 29 heavy (non-hydrogen) atoms. The molecule has 0 atom stereocenters. The van der Waals surface area contributed by atoms with Crippen LogP contribution in [0.3, 0.4) is 0 Å².